The van der Waals surface area contributed by atoms with Crippen LogP contribution in [0.25, 0.3) is 0 Å². The lowest BCUT2D eigenvalue weighted by Gasteiger charge is -2.11. The first kappa shape index (κ1) is 17.0. The average Bonchev–Trinajstić information content (AvgIpc) is 3.17. The molecule has 8 heteroatoms. The number of carbonyl (C=O) groups excluding carboxylic acids is 1. The minimum absolute atomic E-state index is 0.228. The second-order valence-electron chi connectivity index (χ2n) is 4.83. The summed E-state index contributed by atoms with van der Waals surface area (Å²) in [6.45, 7) is 5.71. The van der Waals surface area contributed by atoms with Gasteiger partial charge in [0.05, 0.1) is 18.5 Å². The highest BCUT2D eigenvalue weighted by Gasteiger charge is 2.07. The fourth-order valence-electron chi connectivity index (χ4n) is 1.85. The normalized spacial score (nSPS) is 11.3. The van der Waals surface area contributed by atoms with Crippen LogP contribution in [-0.2, 0) is 6.54 Å². The molecule has 0 unspecified atom stereocenters. The Morgan fingerprint density at radius 3 is 2.70 bits per heavy atom. The molecule has 23 heavy (non-hydrogen) atoms. The summed E-state index contributed by atoms with van der Waals surface area (Å²) in [6, 6.07) is 3.31. The third-order valence-corrected chi connectivity index (χ3v) is 4.22. The van der Waals surface area contributed by atoms with Gasteiger partial charge in [-0.05, 0) is 26.0 Å². The number of hydrogen-bond donors (Lipinski definition) is 3. The van der Waals surface area contributed by atoms with Crippen LogP contribution in [0, 0.1) is 13.8 Å². The van der Waals surface area contributed by atoms with Gasteiger partial charge in [-0.2, -0.15) is 0 Å². The van der Waals surface area contributed by atoms with Crippen molar-refractivity contribution >= 4 is 23.2 Å². The minimum atomic E-state index is -0.228. The van der Waals surface area contributed by atoms with Crippen molar-refractivity contribution in [2.45, 2.75) is 20.4 Å². The highest BCUT2D eigenvalue weighted by Crippen LogP contribution is 2.15. The van der Waals surface area contributed by atoms with Crippen LogP contribution >= 0.6 is 11.3 Å². The SMILES string of the molecule is CN=C(NCCNC(=O)c1ccco1)NCc1nc(C)c(C)s1. The van der Waals surface area contributed by atoms with Crippen molar-refractivity contribution in [3.8, 4) is 0 Å². The Bertz CT molecular complexity index is 644. The topological polar surface area (TPSA) is 91.5 Å². The predicted molar refractivity (Wildman–Crippen MR) is 90.8 cm³/mol. The lowest BCUT2D eigenvalue weighted by Crippen LogP contribution is -2.41. The fraction of sp³-hybridized carbons (Fsp3) is 0.400. The summed E-state index contributed by atoms with van der Waals surface area (Å²) >= 11 is 1.67. The summed E-state index contributed by atoms with van der Waals surface area (Å²) < 4.78 is 5.02. The Morgan fingerprint density at radius 2 is 2.09 bits per heavy atom. The number of carbonyl (C=O) groups is 1. The molecule has 3 N–H and O–H groups in total. The van der Waals surface area contributed by atoms with E-state index in [-0.39, 0.29) is 5.91 Å². The van der Waals surface area contributed by atoms with E-state index in [1.54, 1.807) is 30.5 Å². The van der Waals surface area contributed by atoms with Crippen LogP contribution in [0.3, 0.4) is 0 Å². The number of nitrogens with one attached hydrogen (secondary N) is 3. The van der Waals surface area contributed by atoms with Gasteiger partial charge in [0.2, 0.25) is 0 Å². The maximum Gasteiger partial charge on any atom is 0.287 e. The summed E-state index contributed by atoms with van der Waals surface area (Å²) in [5.41, 5.74) is 1.07. The van der Waals surface area contributed by atoms with Gasteiger partial charge in [0, 0.05) is 25.0 Å². The van der Waals surface area contributed by atoms with Crippen LogP contribution in [0.15, 0.2) is 27.8 Å². The first-order valence-corrected chi connectivity index (χ1v) is 8.11. The molecule has 0 saturated heterocycles. The molecule has 1 amide bonds. The number of aromatic nitrogens is 1. The van der Waals surface area contributed by atoms with E-state index in [0.717, 1.165) is 10.7 Å². The number of guanidine groups is 1. The average molecular weight is 335 g/mol. The van der Waals surface area contributed by atoms with E-state index in [4.69, 9.17) is 4.42 Å². The molecular weight excluding hydrogens is 314 g/mol. The zero-order chi connectivity index (χ0) is 16.7. The highest BCUT2D eigenvalue weighted by atomic mass is 32.1. The summed E-state index contributed by atoms with van der Waals surface area (Å²) in [5.74, 6) is 0.748. The van der Waals surface area contributed by atoms with Crippen molar-refractivity contribution in [2.24, 2.45) is 4.99 Å². The van der Waals surface area contributed by atoms with Crippen LogP contribution in [-0.4, -0.2) is 37.0 Å². The van der Waals surface area contributed by atoms with Crippen molar-refractivity contribution in [3.05, 3.63) is 39.7 Å². The second-order valence-corrected chi connectivity index (χ2v) is 6.12. The molecule has 2 aromatic heterocycles. The zero-order valence-corrected chi connectivity index (χ0v) is 14.3. The summed E-state index contributed by atoms with van der Waals surface area (Å²) in [6.07, 6.45) is 1.47. The maximum absolute atomic E-state index is 11.7. The molecule has 0 atom stereocenters. The largest absolute Gasteiger partial charge is 0.459 e. The van der Waals surface area contributed by atoms with Crippen LogP contribution < -0.4 is 16.0 Å². The van der Waals surface area contributed by atoms with Crippen molar-refractivity contribution in [1.82, 2.24) is 20.9 Å². The lowest BCUT2D eigenvalue weighted by molar-refractivity contribution is 0.0926. The van der Waals surface area contributed by atoms with Gasteiger partial charge < -0.3 is 20.4 Å². The maximum atomic E-state index is 11.7. The predicted octanol–water partition coefficient (Wildman–Crippen LogP) is 1.45. The fourth-order valence-corrected chi connectivity index (χ4v) is 2.72. The van der Waals surface area contributed by atoms with E-state index in [1.807, 2.05) is 6.92 Å². The van der Waals surface area contributed by atoms with Gasteiger partial charge in [-0.1, -0.05) is 0 Å². The number of hydrogen-bond acceptors (Lipinski definition) is 5. The molecule has 2 rings (SSSR count). The highest BCUT2D eigenvalue weighted by molar-refractivity contribution is 7.11. The molecule has 0 radical (unpaired) electrons. The molecule has 0 saturated carbocycles. The summed E-state index contributed by atoms with van der Waals surface area (Å²) in [5, 5.41) is 10.1. The summed E-state index contributed by atoms with van der Waals surface area (Å²) in [4.78, 5) is 21.5. The van der Waals surface area contributed by atoms with E-state index in [0.29, 0.717) is 31.4 Å². The Morgan fingerprint density at radius 1 is 1.30 bits per heavy atom. The third kappa shape index (κ3) is 5.10. The van der Waals surface area contributed by atoms with Crippen LogP contribution in [0.5, 0.6) is 0 Å². The number of furan rings is 1. The van der Waals surface area contributed by atoms with Crippen LogP contribution in [0.1, 0.15) is 26.1 Å². The zero-order valence-electron chi connectivity index (χ0n) is 13.5. The molecule has 2 aromatic rings. The van der Waals surface area contributed by atoms with Gasteiger partial charge in [0.25, 0.3) is 5.91 Å². The molecule has 0 fully saturated rings. The summed E-state index contributed by atoms with van der Waals surface area (Å²) in [7, 11) is 1.70. The Hall–Kier alpha value is -2.35. The van der Waals surface area contributed by atoms with Gasteiger partial charge in [-0.3, -0.25) is 9.79 Å². The molecule has 0 bridgehead atoms. The van der Waals surface area contributed by atoms with Crippen LogP contribution in [0.4, 0.5) is 0 Å². The number of aryl methyl sites for hydroxylation is 2. The van der Waals surface area contributed by atoms with Gasteiger partial charge in [0.15, 0.2) is 11.7 Å². The van der Waals surface area contributed by atoms with Crippen molar-refractivity contribution in [3.63, 3.8) is 0 Å². The molecule has 0 aliphatic rings. The number of rotatable bonds is 6. The van der Waals surface area contributed by atoms with E-state index in [2.05, 4.69) is 32.9 Å². The van der Waals surface area contributed by atoms with Crippen LogP contribution in [0.2, 0.25) is 0 Å². The number of nitrogens with zero attached hydrogens (tertiary/aromatic N) is 2. The van der Waals surface area contributed by atoms with E-state index in [1.165, 1.54) is 11.1 Å². The monoisotopic (exact) mass is 335 g/mol. The van der Waals surface area contributed by atoms with Crippen molar-refractivity contribution < 1.29 is 9.21 Å². The van der Waals surface area contributed by atoms with Gasteiger partial charge >= 0.3 is 0 Å². The standard InChI is InChI=1S/C15H21N5O2S/c1-10-11(2)23-13(20-10)9-19-15(16-3)18-7-6-17-14(21)12-5-4-8-22-12/h4-5,8H,6-7,9H2,1-3H3,(H,17,21)(H2,16,18,19). The number of thiazole rings is 1. The lowest BCUT2D eigenvalue weighted by atomic mass is 10.4. The smallest absolute Gasteiger partial charge is 0.287 e. The van der Waals surface area contributed by atoms with Gasteiger partial charge in [0.1, 0.15) is 5.01 Å². The number of aliphatic imine (C=N–C) groups is 1. The van der Waals surface area contributed by atoms with E-state index >= 15 is 0 Å². The third-order valence-electron chi connectivity index (χ3n) is 3.15. The van der Waals surface area contributed by atoms with E-state index in [9.17, 15) is 4.79 Å². The van der Waals surface area contributed by atoms with Gasteiger partial charge in [-0.25, -0.2) is 4.98 Å². The van der Waals surface area contributed by atoms with Crippen molar-refractivity contribution in [2.75, 3.05) is 20.1 Å². The van der Waals surface area contributed by atoms with Crippen molar-refractivity contribution in [1.29, 1.82) is 0 Å². The molecule has 0 aromatic carbocycles. The van der Waals surface area contributed by atoms with Gasteiger partial charge in [-0.15, -0.1) is 11.3 Å². The number of amides is 1. The Balaban J connectivity index is 1.68. The Kier molecular flexibility index (Phi) is 6.16. The van der Waals surface area contributed by atoms with E-state index < -0.39 is 0 Å². The quantitative estimate of drug-likeness (QED) is 0.422. The molecule has 0 spiro atoms. The molecule has 0 aliphatic carbocycles. The minimum Gasteiger partial charge on any atom is -0.459 e. The first-order chi connectivity index (χ1) is 11.1. The molecule has 7 nitrogen and oxygen atoms in total. The Labute approximate surface area is 139 Å². The second kappa shape index (κ2) is 8.33. The first-order valence-electron chi connectivity index (χ1n) is 7.29. The molecule has 0 aliphatic heterocycles. The molecule has 124 valence electrons. The molecule has 2 heterocycles. The molecular formula is C15H21N5O2S.